The van der Waals surface area contributed by atoms with Crippen molar-refractivity contribution in [3.05, 3.63) is 53.6 Å². The Balaban J connectivity index is 0.00000338. The van der Waals surface area contributed by atoms with Crippen LogP contribution >= 0.6 is 12.4 Å². The Bertz CT molecular complexity index is 681. The number of aliphatic hydroxyl groups excluding tert-OH is 1. The summed E-state index contributed by atoms with van der Waals surface area (Å²) in [5.74, 6) is 2.13. The molecule has 0 aliphatic heterocycles. The number of methoxy groups -OCH3 is 2. The molecule has 5 nitrogen and oxygen atoms in total. The molecule has 0 saturated carbocycles. The van der Waals surface area contributed by atoms with Crippen LogP contribution < -0.4 is 19.9 Å². The van der Waals surface area contributed by atoms with E-state index in [4.69, 9.17) is 19.9 Å². The molecule has 0 aliphatic rings. The number of aliphatic hydroxyl groups is 1. The lowest BCUT2D eigenvalue weighted by Crippen LogP contribution is -2.39. The fourth-order valence-corrected chi connectivity index (χ4v) is 2.57. The number of aryl methyl sites for hydroxylation is 2. The van der Waals surface area contributed by atoms with Crippen LogP contribution in [0.2, 0.25) is 0 Å². The average Bonchev–Trinajstić information content (AvgIpc) is 2.63. The second-order valence-electron chi connectivity index (χ2n) is 6.09. The second kappa shape index (κ2) is 10.9. The molecule has 0 heterocycles. The Morgan fingerprint density at radius 3 is 2.42 bits per heavy atom. The molecule has 0 saturated heterocycles. The Labute approximate surface area is 161 Å². The maximum Gasteiger partial charge on any atom is 0.160 e. The van der Waals surface area contributed by atoms with E-state index < -0.39 is 6.10 Å². The molecule has 0 aromatic heterocycles. The Hall–Kier alpha value is -1.95. The molecule has 2 unspecified atom stereocenters. The molecule has 2 aromatic rings. The van der Waals surface area contributed by atoms with Crippen LogP contribution in [0.5, 0.6) is 17.2 Å². The highest BCUT2D eigenvalue weighted by Gasteiger charge is 2.16. The van der Waals surface area contributed by atoms with Gasteiger partial charge in [-0.3, -0.25) is 0 Å². The minimum Gasteiger partial charge on any atom is -0.493 e. The highest BCUT2D eigenvalue weighted by atomic mass is 35.5. The first kappa shape index (κ1) is 22.1. The third-order valence-electron chi connectivity index (χ3n) is 4.12. The highest BCUT2D eigenvalue weighted by Crippen LogP contribution is 2.28. The van der Waals surface area contributed by atoms with E-state index in [1.165, 1.54) is 0 Å². The van der Waals surface area contributed by atoms with Gasteiger partial charge in [0.25, 0.3) is 0 Å². The van der Waals surface area contributed by atoms with Gasteiger partial charge < -0.3 is 25.1 Å². The summed E-state index contributed by atoms with van der Waals surface area (Å²) in [6.07, 6.45) is 0.664. The standard InChI is InChI=1S/C20H27NO4.ClH/c1-14-5-4-6-16(11-14)25-13-18(22)17(21)9-7-15-8-10-19(23-2)20(12-15)24-3;/h4-6,8,10-12,17-18,22H,7,9,13,21H2,1-3H3;1H. The van der Waals surface area contributed by atoms with Crippen molar-refractivity contribution in [2.75, 3.05) is 20.8 Å². The van der Waals surface area contributed by atoms with Gasteiger partial charge in [0.05, 0.1) is 14.2 Å². The minimum absolute atomic E-state index is 0. The van der Waals surface area contributed by atoms with Gasteiger partial charge in [0.1, 0.15) is 18.5 Å². The van der Waals surface area contributed by atoms with E-state index in [0.717, 1.165) is 23.3 Å². The molecule has 3 N–H and O–H groups in total. The number of rotatable bonds is 9. The van der Waals surface area contributed by atoms with Crippen LogP contribution in [0.4, 0.5) is 0 Å². The summed E-state index contributed by atoms with van der Waals surface area (Å²) < 4.78 is 16.2. The molecule has 2 atom stereocenters. The third-order valence-corrected chi connectivity index (χ3v) is 4.12. The largest absolute Gasteiger partial charge is 0.493 e. The van der Waals surface area contributed by atoms with Crippen LogP contribution in [0.25, 0.3) is 0 Å². The van der Waals surface area contributed by atoms with Gasteiger partial charge in [0, 0.05) is 6.04 Å². The van der Waals surface area contributed by atoms with Gasteiger partial charge in [-0.2, -0.15) is 0 Å². The number of hydrogen-bond acceptors (Lipinski definition) is 5. The van der Waals surface area contributed by atoms with Crippen LogP contribution in [-0.4, -0.2) is 38.1 Å². The monoisotopic (exact) mass is 381 g/mol. The molecule has 2 rings (SSSR count). The van der Waals surface area contributed by atoms with Crippen LogP contribution in [0.1, 0.15) is 17.5 Å². The lowest BCUT2D eigenvalue weighted by atomic mass is 10.0. The first-order valence-corrected chi connectivity index (χ1v) is 8.37. The van der Waals surface area contributed by atoms with E-state index in [0.29, 0.717) is 17.9 Å². The zero-order chi connectivity index (χ0) is 18.2. The SMILES string of the molecule is COc1ccc(CCC(N)C(O)COc2cccc(C)c2)cc1OC.Cl. The van der Waals surface area contributed by atoms with Crippen molar-refractivity contribution in [1.82, 2.24) is 0 Å². The van der Waals surface area contributed by atoms with Crippen LogP contribution in [0.3, 0.4) is 0 Å². The van der Waals surface area contributed by atoms with Crippen molar-refractivity contribution < 1.29 is 19.3 Å². The molecular weight excluding hydrogens is 354 g/mol. The molecule has 6 heteroatoms. The molecule has 0 aliphatic carbocycles. The first-order chi connectivity index (χ1) is 12.0. The van der Waals surface area contributed by atoms with E-state index in [1.54, 1.807) is 14.2 Å². The molecule has 144 valence electrons. The van der Waals surface area contributed by atoms with E-state index in [9.17, 15) is 5.11 Å². The van der Waals surface area contributed by atoms with Gasteiger partial charge in [0.2, 0.25) is 0 Å². The lowest BCUT2D eigenvalue weighted by molar-refractivity contribution is 0.0826. The van der Waals surface area contributed by atoms with Crippen LogP contribution in [-0.2, 0) is 6.42 Å². The zero-order valence-electron chi connectivity index (χ0n) is 15.5. The maximum atomic E-state index is 10.2. The molecule has 2 aromatic carbocycles. The van der Waals surface area contributed by atoms with Crippen LogP contribution in [0.15, 0.2) is 42.5 Å². The molecule has 0 amide bonds. The second-order valence-corrected chi connectivity index (χ2v) is 6.09. The van der Waals surface area contributed by atoms with E-state index >= 15 is 0 Å². The topological polar surface area (TPSA) is 73.9 Å². The molecule has 0 bridgehead atoms. The normalized spacial score (nSPS) is 12.7. The Kier molecular flexibility index (Phi) is 9.27. The zero-order valence-corrected chi connectivity index (χ0v) is 16.3. The maximum absolute atomic E-state index is 10.2. The quantitative estimate of drug-likeness (QED) is 0.698. The predicted octanol–water partition coefficient (Wildman–Crippen LogP) is 3.13. The molecule has 0 spiro atoms. The third kappa shape index (κ3) is 6.41. The summed E-state index contributed by atoms with van der Waals surface area (Å²) in [6.45, 7) is 2.18. The predicted molar refractivity (Wildman–Crippen MR) is 106 cm³/mol. The van der Waals surface area contributed by atoms with Gasteiger partial charge in [-0.1, -0.05) is 18.2 Å². The van der Waals surface area contributed by atoms with Crippen molar-refractivity contribution in [2.24, 2.45) is 5.73 Å². The van der Waals surface area contributed by atoms with Gasteiger partial charge in [-0.15, -0.1) is 12.4 Å². The first-order valence-electron chi connectivity index (χ1n) is 8.37. The summed E-state index contributed by atoms with van der Waals surface area (Å²) in [4.78, 5) is 0. The number of halogens is 1. The van der Waals surface area contributed by atoms with Crippen molar-refractivity contribution in [2.45, 2.75) is 31.9 Å². The summed E-state index contributed by atoms with van der Waals surface area (Å²) in [6, 6.07) is 13.1. The van der Waals surface area contributed by atoms with Gasteiger partial charge >= 0.3 is 0 Å². The van der Waals surface area contributed by atoms with Crippen molar-refractivity contribution >= 4 is 12.4 Å². The van der Waals surface area contributed by atoms with Gasteiger partial charge in [0.15, 0.2) is 11.5 Å². The van der Waals surface area contributed by atoms with E-state index in [-0.39, 0.29) is 25.1 Å². The fourth-order valence-electron chi connectivity index (χ4n) is 2.57. The summed E-state index contributed by atoms with van der Waals surface area (Å²) in [7, 11) is 3.22. The molecule has 0 fully saturated rings. The smallest absolute Gasteiger partial charge is 0.160 e. The number of nitrogens with two attached hydrogens (primary N) is 1. The number of ether oxygens (including phenoxy) is 3. The summed E-state index contributed by atoms with van der Waals surface area (Å²) in [5, 5.41) is 10.2. The summed E-state index contributed by atoms with van der Waals surface area (Å²) >= 11 is 0. The van der Waals surface area contributed by atoms with Crippen molar-refractivity contribution in [3.63, 3.8) is 0 Å². The average molecular weight is 382 g/mol. The number of benzene rings is 2. The fraction of sp³-hybridized carbons (Fsp3) is 0.400. The molecule has 26 heavy (non-hydrogen) atoms. The Morgan fingerprint density at radius 2 is 1.77 bits per heavy atom. The minimum atomic E-state index is -0.722. The molecular formula is C20H28ClNO4. The van der Waals surface area contributed by atoms with Crippen molar-refractivity contribution in [1.29, 1.82) is 0 Å². The highest BCUT2D eigenvalue weighted by molar-refractivity contribution is 5.85. The van der Waals surface area contributed by atoms with Crippen molar-refractivity contribution in [3.8, 4) is 17.2 Å². The van der Waals surface area contributed by atoms with Gasteiger partial charge in [-0.25, -0.2) is 0 Å². The van der Waals surface area contributed by atoms with E-state index in [1.807, 2.05) is 49.4 Å². The molecule has 0 radical (unpaired) electrons. The lowest BCUT2D eigenvalue weighted by Gasteiger charge is -2.19. The number of hydrogen-bond donors (Lipinski definition) is 2. The van der Waals surface area contributed by atoms with Crippen LogP contribution in [0, 0.1) is 6.92 Å². The van der Waals surface area contributed by atoms with Gasteiger partial charge in [-0.05, 0) is 55.2 Å². The Morgan fingerprint density at radius 1 is 1.04 bits per heavy atom. The summed E-state index contributed by atoms with van der Waals surface area (Å²) in [5.41, 5.74) is 8.30. The van der Waals surface area contributed by atoms with E-state index in [2.05, 4.69) is 0 Å².